The molecule has 0 radical (unpaired) electrons. The van der Waals surface area contributed by atoms with Crippen molar-refractivity contribution in [2.24, 2.45) is 0 Å². The predicted molar refractivity (Wildman–Crippen MR) is 83.4 cm³/mol. The van der Waals surface area contributed by atoms with Crippen molar-refractivity contribution in [3.63, 3.8) is 0 Å². The fraction of sp³-hybridized carbons (Fsp3) is 0.308. The van der Waals surface area contributed by atoms with E-state index in [0.717, 1.165) is 24.5 Å². The first-order valence-electron chi connectivity index (χ1n) is 6.40. The second kappa shape index (κ2) is 6.95. The Morgan fingerprint density at radius 2 is 1.90 bits per heavy atom. The summed E-state index contributed by atoms with van der Waals surface area (Å²) in [6.07, 6.45) is 1.07. The molecular weight excluding hydrogens is 272 g/mol. The van der Waals surface area contributed by atoms with Crippen molar-refractivity contribution in [3.05, 3.63) is 30.0 Å². The molecule has 0 aliphatic heterocycles. The molecule has 0 saturated heterocycles. The fourth-order valence-corrected chi connectivity index (χ4v) is 2.35. The van der Waals surface area contributed by atoms with Crippen LogP contribution in [0.25, 0.3) is 0 Å². The molecule has 0 atom stereocenters. The van der Waals surface area contributed by atoms with Gasteiger partial charge in [-0.25, -0.2) is 15.0 Å². The Kier molecular flexibility index (Phi) is 5.00. The van der Waals surface area contributed by atoms with Gasteiger partial charge in [0.1, 0.15) is 17.5 Å². The van der Waals surface area contributed by atoms with Crippen LogP contribution in [0.15, 0.2) is 29.4 Å². The number of nitrogen functional groups attached to an aromatic ring is 2. The Bertz CT molecular complexity index is 554. The summed E-state index contributed by atoms with van der Waals surface area (Å²) >= 11 is 1.46. The normalized spacial score (nSPS) is 10.4. The van der Waals surface area contributed by atoms with Crippen LogP contribution in [0.1, 0.15) is 19.0 Å². The smallest absolute Gasteiger partial charge is 0.191 e. The van der Waals surface area contributed by atoms with E-state index < -0.39 is 0 Å². The largest absolute Gasteiger partial charge is 0.383 e. The molecule has 0 fully saturated rings. The maximum absolute atomic E-state index is 5.64. The zero-order valence-electron chi connectivity index (χ0n) is 11.3. The third kappa shape index (κ3) is 4.27. The molecule has 0 amide bonds. The number of nitrogens with two attached hydrogens (primary N) is 2. The van der Waals surface area contributed by atoms with Crippen LogP contribution >= 0.6 is 11.8 Å². The van der Waals surface area contributed by atoms with Gasteiger partial charge in [-0.1, -0.05) is 24.8 Å². The highest BCUT2D eigenvalue weighted by Crippen LogP contribution is 2.20. The molecule has 5 N–H and O–H groups in total. The zero-order valence-corrected chi connectivity index (χ0v) is 12.2. The van der Waals surface area contributed by atoms with E-state index >= 15 is 0 Å². The number of hydrogen-bond donors (Lipinski definition) is 3. The molecule has 2 aromatic heterocycles. The lowest BCUT2D eigenvalue weighted by Gasteiger charge is -2.06. The summed E-state index contributed by atoms with van der Waals surface area (Å²) in [5.74, 6) is 2.32. The Balaban J connectivity index is 1.99. The standard InChI is InChI=1S/C13H18N6S/c1-2-6-16-12-5-3-4-9(17-12)8-20-13-18-10(14)7-11(15)19-13/h3-5,7H,2,6,8H2,1H3,(H,16,17)(H4,14,15,18,19). The van der Waals surface area contributed by atoms with E-state index in [4.69, 9.17) is 11.5 Å². The van der Waals surface area contributed by atoms with Crippen LogP contribution in [0.3, 0.4) is 0 Å². The van der Waals surface area contributed by atoms with E-state index in [1.165, 1.54) is 17.8 Å². The van der Waals surface area contributed by atoms with Crippen LogP contribution < -0.4 is 16.8 Å². The third-order valence-electron chi connectivity index (χ3n) is 2.46. The number of thioether (sulfide) groups is 1. The van der Waals surface area contributed by atoms with E-state index in [9.17, 15) is 0 Å². The van der Waals surface area contributed by atoms with E-state index in [1.807, 2.05) is 18.2 Å². The highest BCUT2D eigenvalue weighted by Gasteiger charge is 2.04. The second-order valence-corrected chi connectivity index (χ2v) is 5.17. The van der Waals surface area contributed by atoms with Gasteiger partial charge in [0, 0.05) is 18.4 Å². The first kappa shape index (κ1) is 14.4. The van der Waals surface area contributed by atoms with Crippen molar-refractivity contribution < 1.29 is 0 Å². The molecule has 2 rings (SSSR count). The molecule has 2 aromatic rings. The van der Waals surface area contributed by atoms with Crippen LogP contribution in [-0.2, 0) is 5.75 Å². The zero-order chi connectivity index (χ0) is 14.4. The summed E-state index contributed by atoms with van der Waals surface area (Å²) in [6, 6.07) is 7.45. The summed E-state index contributed by atoms with van der Waals surface area (Å²) in [6.45, 7) is 3.03. The van der Waals surface area contributed by atoms with Gasteiger partial charge in [0.15, 0.2) is 5.16 Å². The molecule has 0 unspecified atom stereocenters. The van der Waals surface area contributed by atoms with Crippen molar-refractivity contribution in [3.8, 4) is 0 Å². The summed E-state index contributed by atoms with van der Waals surface area (Å²) in [7, 11) is 0. The number of pyridine rings is 1. The van der Waals surface area contributed by atoms with E-state index in [1.54, 1.807) is 0 Å². The highest BCUT2D eigenvalue weighted by molar-refractivity contribution is 7.98. The van der Waals surface area contributed by atoms with Crippen molar-refractivity contribution in [1.82, 2.24) is 15.0 Å². The molecule has 0 aliphatic rings. The van der Waals surface area contributed by atoms with Gasteiger partial charge in [-0.05, 0) is 18.6 Å². The molecule has 20 heavy (non-hydrogen) atoms. The molecule has 6 nitrogen and oxygen atoms in total. The van der Waals surface area contributed by atoms with Crippen LogP contribution in [0, 0.1) is 0 Å². The molecule has 0 saturated carbocycles. The number of nitrogens with one attached hydrogen (secondary N) is 1. The summed E-state index contributed by atoms with van der Waals surface area (Å²) in [5.41, 5.74) is 12.2. The van der Waals surface area contributed by atoms with Gasteiger partial charge in [0.05, 0.1) is 5.69 Å². The quantitative estimate of drug-likeness (QED) is 0.553. The van der Waals surface area contributed by atoms with Crippen LogP contribution in [-0.4, -0.2) is 21.5 Å². The monoisotopic (exact) mass is 290 g/mol. The predicted octanol–water partition coefficient (Wildman–Crippen LogP) is 2.15. The molecule has 106 valence electrons. The summed E-state index contributed by atoms with van der Waals surface area (Å²) in [5, 5.41) is 3.83. The number of rotatable bonds is 6. The number of hydrogen-bond acceptors (Lipinski definition) is 7. The van der Waals surface area contributed by atoms with Crippen LogP contribution in [0.4, 0.5) is 17.5 Å². The summed E-state index contributed by atoms with van der Waals surface area (Å²) < 4.78 is 0. The minimum atomic E-state index is 0.381. The highest BCUT2D eigenvalue weighted by atomic mass is 32.2. The Morgan fingerprint density at radius 3 is 2.60 bits per heavy atom. The average Bonchev–Trinajstić information content (AvgIpc) is 2.42. The van der Waals surface area contributed by atoms with Gasteiger partial charge in [-0.15, -0.1) is 0 Å². The molecule has 0 bridgehead atoms. The molecular formula is C13H18N6S. The van der Waals surface area contributed by atoms with Gasteiger partial charge in [0.2, 0.25) is 0 Å². The van der Waals surface area contributed by atoms with Gasteiger partial charge >= 0.3 is 0 Å². The second-order valence-electron chi connectivity index (χ2n) is 4.23. The maximum Gasteiger partial charge on any atom is 0.191 e. The van der Waals surface area contributed by atoms with E-state index in [2.05, 4.69) is 27.2 Å². The Labute approximate surface area is 122 Å². The number of aromatic nitrogens is 3. The first-order valence-corrected chi connectivity index (χ1v) is 7.38. The van der Waals surface area contributed by atoms with Crippen molar-refractivity contribution in [1.29, 1.82) is 0 Å². The van der Waals surface area contributed by atoms with Crippen LogP contribution in [0.5, 0.6) is 0 Å². The first-order chi connectivity index (χ1) is 9.67. The topological polar surface area (TPSA) is 103 Å². The van der Waals surface area contributed by atoms with Gasteiger partial charge in [-0.2, -0.15) is 0 Å². The minimum Gasteiger partial charge on any atom is -0.383 e. The molecule has 0 aliphatic carbocycles. The number of nitrogens with zero attached hydrogens (tertiary/aromatic N) is 3. The Morgan fingerprint density at radius 1 is 1.15 bits per heavy atom. The fourth-order valence-electron chi connectivity index (χ4n) is 1.58. The number of anilines is 3. The minimum absolute atomic E-state index is 0.381. The van der Waals surface area contributed by atoms with Crippen molar-refractivity contribution in [2.45, 2.75) is 24.3 Å². The van der Waals surface area contributed by atoms with Gasteiger partial charge in [-0.3, -0.25) is 0 Å². The molecule has 7 heteroatoms. The lowest BCUT2D eigenvalue weighted by atomic mass is 10.3. The van der Waals surface area contributed by atoms with Crippen LogP contribution in [0.2, 0.25) is 0 Å². The van der Waals surface area contributed by atoms with Crippen molar-refractivity contribution >= 4 is 29.2 Å². The Hall–Kier alpha value is -2.02. The maximum atomic E-state index is 5.64. The molecule has 2 heterocycles. The van der Waals surface area contributed by atoms with Gasteiger partial charge in [0.25, 0.3) is 0 Å². The average molecular weight is 290 g/mol. The molecule has 0 aromatic carbocycles. The third-order valence-corrected chi connectivity index (χ3v) is 3.34. The van der Waals surface area contributed by atoms with Gasteiger partial charge < -0.3 is 16.8 Å². The SMILES string of the molecule is CCCNc1cccc(CSc2nc(N)cc(N)n2)n1. The summed E-state index contributed by atoms with van der Waals surface area (Å²) in [4.78, 5) is 12.8. The van der Waals surface area contributed by atoms with E-state index in [-0.39, 0.29) is 0 Å². The van der Waals surface area contributed by atoms with E-state index in [0.29, 0.717) is 22.5 Å². The lowest BCUT2D eigenvalue weighted by Crippen LogP contribution is -2.03. The lowest BCUT2D eigenvalue weighted by molar-refractivity contribution is 0.963. The molecule has 0 spiro atoms. The van der Waals surface area contributed by atoms with Crippen molar-refractivity contribution in [2.75, 3.05) is 23.3 Å².